The van der Waals surface area contributed by atoms with Crippen molar-refractivity contribution in [2.45, 2.75) is 24.6 Å². The van der Waals surface area contributed by atoms with Crippen molar-refractivity contribution in [2.75, 3.05) is 18.5 Å². The zero-order valence-electron chi connectivity index (χ0n) is 13.0. The van der Waals surface area contributed by atoms with Crippen molar-refractivity contribution in [2.24, 2.45) is 5.92 Å². The molecule has 1 amide bonds. The molecule has 1 aromatic carbocycles. The van der Waals surface area contributed by atoms with Crippen molar-refractivity contribution < 1.29 is 19.1 Å². The lowest BCUT2D eigenvalue weighted by molar-refractivity contribution is -0.115. The summed E-state index contributed by atoms with van der Waals surface area (Å²) in [6, 6.07) is 4.53. The van der Waals surface area contributed by atoms with Gasteiger partial charge in [0, 0.05) is 5.69 Å². The van der Waals surface area contributed by atoms with Crippen LogP contribution in [0.2, 0.25) is 0 Å². The van der Waals surface area contributed by atoms with Gasteiger partial charge in [0.05, 0.1) is 13.2 Å². The SMILES string of the molecule is CCOC(=O)c1cc(NC(=O)C(Cl)(Cl)Cl)ccc1OCC(C)C. The number of carbonyl (C=O) groups is 2. The van der Waals surface area contributed by atoms with Crippen LogP contribution in [0.25, 0.3) is 0 Å². The molecule has 0 aromatic heterocycles. The van der Waals surface area contributed by atoms with Crippen LogP contribution >= 0.6 is 34.8 Å². The van der Waals surface area contributed by atoms with E-state index < -0.39 is 15.7 Å². The number of benzene rings is 1. The summed E-state index contributed by atoms with van der Waals surface area (Å²) in [5, 5.41) is 2.41. The quantitative estimate of drug-likeness (QED) is 0.591. The molecule has 0 aliphatic heterocycles. The molecule has 0 saturated carbocycles. The molecule has 8 heteroatoms. The second kappa shape index (κ2) is 8.62. The van der Waals surface area contributed by atoms with Gasteiger partial charge in [0.2, 0.25) is 0 Å². The molecule has 0 aliphatic carbocycles. The largest absolute Gasteiger partial charge is 0.492 e. The van der Waals surface area contributed by atoms with Crippen LogP contribution in [0.4, 0.5) is 5.69 Å². The highest BCUT2D eigenvalue weighted by Gasteiger charge is 2.31. The summed E-state index contributed by atoms with van der Waals surface area (Å²) in [6.07, 6.45) is 0. The van der Waals surface area contributed by atoms with E-state index in [2.05, 4.69) is 5.32 Å². The lowest BCUT2D eigenvalue weighted by Crippen LogP contribution is -2.27. The maximum absolute atomic E-state index is 12.1. The second-order valence-corrected chi connectivity index (χ2v) is 7.37. The third-order valence-electron chi connectivity index (χ3n) is 2.56. The Balaban J connectivity index is 3.06. The number of hydrogen-bond acceptors (Lipinski definition) is 4. The Hall–Kier alpha value is -1.17. The van der Waals surface area contributed by atoms with E-state index >= 15 is 0 Å². The van der Waals surface area contributed by atoms with E-state index in [0.717, 1.165) is 0 Å². The third kappa shape index (κ3) is 6.45. The Bertz CT molecular complexity index is 570. The van der Waals surface area contributed by atoms with Crippen molar-refractivity contribution in [3.05, 3.63) is 23.8 Å². The Morgan fingerprint density at radius 3 is 2.43 bits per heavy atom. The van der Waals surface area contributed by atoms with Crippen molar-refractivity contribution in [3.8, 4) is 5.75 Å². The number of carbonyl (C=O) groups excluding carboxylic acids is 2. The van der Waals surface area contributed by atoms with E-state index in [1.165, 1.54) is 6.07 Å². The zero-order chi connectivity index (χ0) is 17.6. The molecule has 1 N–H and O–H groups in total. The van der Waals surface area contributed by atoms with Crippen LogP contribution in [0.15, 0.2) is 18.2 Å². The number of amides is 1. The minimum atomic E-state index is -2.10. The van der Waals surface area contributed by atoms with Crippen LogP contribution in [0.5, 0.6) is 5.75 Å². The molecule has 23 heavy (non-hydrogen) atoms. The lowest BCUT2D eigenvalue weighted by atomic mass is 10.1. The Labute approximate surface area is 150 Å². The summed E-state index contributed by atoms with van der Waals surface area (Å²) in [7, 11) is 0. The van der Waals surface area contributed by atoms with Gasteiger partial charge in [-0.3, -0.25) is 4.79 Å². The first kappa shape index (κ1) is 19.9. The van der Waals surface area contributed by atoms with Gasteiger partial charge in [0.1, 0.15) is 11.3 Å². The average Bonchev–Trinajstić information content (AvgIpc) is 2.44. The minimum Gasteiger partial charge on any atom is -0.492 e. The molecule has 1 rings (SSSR count). The summed E-state index contributed by atoms with van der Waals surface area (Å²) in [4.78, 5) is 23.7. The molecule has 5 nitrogen and oxygen atoms in total. The van der Waals surface area contributed by atoms with Crippen LogP contribution in [0.1, 0.15) is 31.1 Å². The summed E-state index contributed by atoms with van der Waals surface area (Å²) in [6.45, 7) is 6.32. The highest BCUT2D eigenvalue weighted by molar-refractivity contribution is 6.76. The number of nitrogens with one attached hydrogen (secondary N) is 1. The van der Waals surface area contributed by atoms with E-state index in [1.54, 1.807) is 19.1 Å². The molecule has 0 spiro atoms. The van der Waals surface area contributed by atoms with Gasteiger partial charge in [-0.1, -0.05) is 48.7 Å². The minimum absolute atomic E-state index is 0.189. The van der Waals surface area contributed by atoms with Gasteiger partial charge < -0.3 is 14.8 Å². The van der Waals surface area contributed by atoms with Crippen LogP contribution in [0, 0.1) is 5.92 Å². The topological polar surface area (TPSA) is 64.6 Å². The predicted molar refractivity (Wildman–Crippen MR) is 91.7 cm³/mol. The number of hydrogen-bond donors (Lipinski definition) is 1. The molecule has 0 saturated heterocycles. The Kier molecular flexibility index (Phi) is 7.45. The van der Waals surface area contributed by atoms with Gasteiger partial charge in [-0.25, -0.2) is 4.79 Å². The van der Waals surface area contributed by atoms with E-state index in [1.807, 2.05) is 13.8 Å². The Morgan fingerprint density at radius 1 is 1.26 bits per heavy atom. The van der Waals surface area contributed by atoms with Gasteiger partial charge in [-0.15, -0.1) is 0 Å². The standard InChI is InChI=1S/C15H18Cl3NO4/c1-4-22-13(20)11-7-10(19-14(21)15(16,17)18)5-6-12(11)23-8-9(2)3/h5-7,9H,4,8H2,1-3H3,(H,19,21). The zero-order valence-corrected chi connectivity index (χ0v) is 15.3. The van der Waals surface area contributed by atoms with Crippen molar-refractivity contribution >= 4 is 52.4 Å². The summed E-state index contributed by atoms with van der Waals surface area (Å²) >= 11 is 16.5. The maximum Gasteiger partial charge on any atom is 0.341 e. The molecule has 128 valence electrons. The predicted octanol–water partition coefficient (Wildman–Crippen LogP) is 4.21. The van der Waals surface area contributed by atoms with Crippen LogP contribution in [-0.2, 0) is 9.53 Å². The molecule has 0 unspecified atom stereocenters. The number of alkyl halides is 3. The van der Waals surface area contributed by atoms with Gasteiger partial charge in [0.15, 0.2) is 0 Å². The van der Waals surface area contributed by atoms with Gasteiger partial charge in [-0.05, 0) is 31.0 Å². The smallest absolute Gasteiger partial charge is 0.341 e. The third-order valence-corrected chi connectivity index (χ3v) is 3.08. The number of anilines is 1. The van der Waals surface area contributed by atoms with E-state index in [4.69, 9.17) is 44.3 Å². The number of rotatable bonds is 6. The van der Waals surface area contributed by atoms with E-state index in [9.17, 15) is 9.59 Å². The highest BCUT2D eigenvalue weighted by Crippen LogP contribution is 2.29. The molecule has 0 aliphatic rings. The molecular weight excluding hydrogens is 365 g/mol. The fraction of sp³-hybridized carbons (Fsp3) is 0.467. The first-order valence-electron chi connectivity index (χ1n) is 6.97. The fourth-order valence-corrected chi connectivity index (χ4v) is 1.70. The van der Waals surface area contributed by atoms with E-state index in [-0.39, 0.29) is 18.1 Å². The van der Waals surface area contributed by atoms with Crippen molar-refractivity contribution in [3.63, 3.8) is 0 Å². The molecule has 0 bridgehead atoms. The molecule has 0 fully saturated rings. The van der Waals surface area contributed by atoms with Gasteiger partial charge in [0.25, 0.3) is 9.70 Å². The first-order valence-corrected chi connectivity index (χ1v) is 8.10. The molecule has 0 heterocycles. The molecular formula is C15H18Cl3NO4. The summed E-state index contributed by atoms with van der Waals surface area (Å²) < 4.78 is 8.49. The monoisotopic (exact) mass is 381 g/mol. The number of ether oxygens (including phenoxy) is 2. The molecule has 0 radical (unpaired) electrons. The second-order valence-electron chi connectivity index (χ2n) is 5.09. The Morgan fingerprint density at radius 2 is 1.91 bits per heavy atom. The van der Waals surface area contributed by atoms with Crippen LogP contribution in [0.3, 0.4) is 0 Å². The normalized spacial score (nSPS) is 11.3. The highest BCUT2D eigenvalue weighted by atomic mass is 35.6. The average molecular weight is 383 g/mol. The van der Waals surface area contributed by atoms with Gasteiger partial charge in [-0.2, -0.15) is 0 Å². The van der Waals surface area contributed by atoms with Crippen molar-refractivity contribution in [1.82, 2.24) is 0 Å². The number of halogens is 3. The lowest BCUT2D eigenvalue weighted by Gasteiger charge is -2.15. The summed E-state index contributed by atoms with van der Waals surface area (Å²) in [5.41, 5.74) is 0.482. The van der Waals surface area contributed by atoms with Crippen LogP contribution in [-0.4, -0.2) is 28.9 Å². The summed E-state index contributed by atoms with van der Waals surface area (Å²) in [5.74, 6) is -0.734. The van der Waals surface area contributed by atoms with E-state index in [0.29, 0.717) is 18.0 Å². The van der Waals surface area contributed by atoms with Gasteiger partial charge >= 0.3 is 5.97 Å². The maximum atomic E-state index is 12.1. The van der Waals surface area contributed by atoms with Crippen molar-refractivity contribution in [1.29, 1.82) is 0 Å². The van der Waals surface area contributed by atoms with Crippen LogP contribution < -0.4 is 10.1 Å². The number of esters is 1. The first-order chi connectivity index (χ1) is 10.6. The molecule has 0 atom stereocenters. The molecule has 1 aromatic rings. The fourth-order valence-electron chi connectivity index (χ4n) is 1.56.